The van der Waals surface area contributed by atoms with Crippen molar-refractivity contribution in [2.45, 2.75) is 45.6 Å². The predicted molar refractivity (Wildman–Crippen MR) is 100 cm³/mol. The summed E-state index contributed by atoms with van der Waals surface area (Å²) < 4.78 is 0. The third kappa shape index (κ3) is 4.70. The summed E-state index contributed by atoms with van der Waals surface area (Å²) in [5, 5.41) is 3.42. The lowest BCUT2D eigenvalue weighted by Crippen LogP contribution is -2.35. The SMILES string of the molecule is CC(C)(C)Nc1cc(N2CCC(Cc3ccccc3)CC2)ncn1. The van der Waals surface area contributed by atoms with Crippen LogP contribution in [0.2, 0.25) is 0 Å². The van der Waals surface area contributed by atoms with Crippen molar-refractivity contribution in [1.29, 1.82) is 0 Å². The average Bonchev–Trinajstić information content (AvgIpc) is 2.55. The Hall–Kier alpha value is -2.10. The van der Waals surface area contributed by atoms with Gasteiger partial charge >= 0.3 is 0 Å². The maximum Gasteiger partial charge on any atom is 0.134 e. The standard InChI is InChI=1S/C20H28N4/c1-20(2,3)23-18-14-19(22-15-21-18)24-11-9-17(10-12-24)13-16-7-5-4-6-8-16/h4-8,14-15,17H,9-13H2,1-3H3,(H,21,22,23). The Kier molecular flexibility index (Phi) is 5.03. The van der Waals surface area contributed by atoms with Gasteiger partial charge in [0, 0.05) is 24.7 Å². The minimum Gasteiger partial charge on any atom is -0.365 e. The third-order valence-corrected chi connectivity index (χ3v) is 4.46. The van der Waals surface area contributed by atoms with Gasteiger partial charge in [0.1, 0.15) is 18.0 Å². The molecule has 4 heteroatoms. The van der Waals surface area contributed by atoms with Gasteiger partial charge in [-0.3, -0.25) is 0 Å². The zero-order valence-electron chi connectivity index (χ0n) is 15.0. The van der Waals surface area contributed by atoms with Crippen molar-refractivity contribution in [3.63, 3.8) is 0 Å². The Morgan fingerprint density at radius 3 is 2.46 bits per heavy atom. The number of piperidine rings is 1. The van der Waals surface area contributed by atoms with E-state index in [-0.39, 0.29) is 5.54 Å². The molecular weight excluding hydrogens is 296 g/mol. The molecule has 128 valence electrons. The molecular formula is C20H28N4. The van der Waals surface area contributed by atoms with Crippen LogP contribution in [0.15, 0.2) is 42.7 Å². The summed E-state index contributed by atoms with van der Waals surface area (Å²) in [7, 11) is 0. The smallest absolute Gasteiger partial charge is 0.134 e. The van der Waals surface area contributed by atoms with E-state index in [2.05, 4.69) is 77.4 Å². The fraction of sp³-hybridized carbons (Fsp3) is 0.500. The van der Waals surface area contributed by atoms with Gasteiger partial charge < -0.3 is 10.2 Å². The molecule has 2 aromatic rings. The van der Waals surface area contributed by atoms with Crippen LogP contribution >= 0.6 is 0 Å². The van der Waals surface area contributed by atoms with E-state index in [1.165, 1.54) is 24.8 Å². The van der Waals surface area contributed by atoms with Crippen LogP contribution in [-0.2, 0) is 6.42 Å². The average molecular weight is 324 g/mol. The van der Waals surface area contributed by atoms with Crippen LogP contribution in [-0.4, -0.2) is 28.6 Å². The van der Waals surface area contributed by atoms with Crippen LogP contribution < -0.4 is 10.2 Å². The van der Waals surface area contributed by atoms with E-state index in [9.17, 15) is 0 Å². The molecule has 3 rings (SSSR count). The van der Waals surface area contributed by atoms with Crippen molar-refractivity contribution in [3.8, 4) is 0 Å². The first-order valence-electron chi connectivity index (χ1n) is 8.89. The highest BCUT2D eigenvalue weighted by Crippen LogP contribution is 2.25. The predicted octanol–water partition coefficient (Wildman–Crippen LogP) is 4.15. The summed E-state index contributed by atoms with van der Waals surface area (Å²) in [6.07, 6.45) is 5.30. The van der Waals surface area contributed by atoms with Gasteiger partial charge in [-0.1, -0.05) is 30.3 Å². The topological polar surface area (TPSA) is 41.0 Å². The molecule has 0 spiro atoms. The number of rotatable bonds is 4. The first kappa shape index (κ1) is 16.7. The van der Waals surface area contributed by atoms with Gasteiger partial charge in [0.2, 0.25) is 0 Å². The minimum atomic E-state index is 0.00823. The Labute approximate surface area is 145 Å². The maximum atomic E-state index is 4.48. The van der Waals surface area contributed by atoms with Crippen molar-refractivity contribution in [2.24, 2.45) is 5.92 Å². The number of benzene rings is 1. The van der Waals surface area contributed by atoms with Crippen molar-refractivity contribution < 1.29 is 0 Å². The lowest BCUT2D eigenvalue weighted by molar-refractivity contribution is 0.402. The summed E-state index contributed by atoms with van der Waals surface area (Å²) in [5.74, 6) is 2.71. The van der Waals surface area contributed by atoms with Crippen LogP contribution in [0, 0.1) is 5.92 Å². The molecule has 4 nitrogen and oxygen atoms in total. The van der Waals surface area contributed by atoms with E-state index < -0.39 is 0 Å². The largest absolute Gasteiger partial charge is 0.365 e. The van der Waals surface area contributed by atoms with Gasteiger partial charge in [0.05, 0.1) is 0 Å². The van der Waals surface area contributed by atoms with Gasteiger partial charge in [-0.2, -0.15) is 0 Å². The van der Waals surface area contributed by atoms with E-state index >= 15 is 0 Å². The van der Waals surface area contributed by atoms with Gasteiger partial charge in [-0.05, 0) is 51.5 Å². The molecule has 1 saturated heterocycles. The van der Waals surface area contributed by atoms with E-state index in [0.29, 0.717) is 0 Å². The van der Waals surface area contributed by atoms with Crippen molar-refractivity contribution >= 4 is 11.6 Å². The van der Waals surface area contributed by atoms with E-state index in [1.54, 1.807) is 6.33 Å². The lowest BCUT2D eigenvalue weighted by atomic mass is 9.90. The number of hydrogen-bond acceptors (Lipinski definition) is 4. The van der Waals surface area contributed by atoms with Crippen LogP contribution in [0.5, 0.6) is 0 Å². The van der Waals surface area contributed by atoms with Crippen LogP contribution in [0.1, 0.15) is 39.2 Å². The summed E-state index contributed by atoms with van der Waals surface area (Å²) >= 11 is 0. The maximum absolute atomic E-state index is 4.48. The first-order valence-corrected chi connectivity index (χ1v) is 8.89. The third-order valence-electron chi connectivity index (χ3n) is 4.46. The zero-order chi connectivity index (χ0) is 17.0. The fourth-order valence-corrected chi connectivity index (χ4v) is 3.29. The van der Waals surface area contributed by atoms with Crippen molar-refractivity contribution in [1.82, 2.24) is 9.97 Å². The van der Waals surface area contributed by atoms with Gasteiger partial charge in [-0.15, -0.1) is 0 Å². The van der Waals surface area contributed by atoms with Gasteiger partial charge in [-0.25, -0.2) is 9.97 Å². The second-order valence-corrected chi connectivity index (χ2v) is 7.76. The normalized spacial score (nSPS) is 16.2. The molecule has 1 aromatic heterocycles. The number of hydrogen-bond donors (Lipinski definition) is 1. The first-order chi connectivity index (χ1) is 11.5. The molecule has 1 N–H and O–H groups in total. The number of aromatic nitrogens is 2. The Bertz CT molecular complexity index is 640. The molecule has 2 heterocycles. The minimum absolute atomic E-state index is 0.00823. The molecule has 1 aliphatic heterocycles. The van der Waals surface area contributed by atoms with Gasteiger partial charge in [0.15, 0.2) is 0 Å². The highest BCUT2D eigenvalue weighted by atomic mass is 15.2. The highest BCUT2D eigenvalue weighted by molar-refractivity contribution is 5.49. The molecule has 24 heavy (non-hydrogen) atoms. The molecule has 0 saturated carbocycles. The second kappa shape index (κ2) is 7.20. The highest BCUT2D eigenvalue weighted by Gasteiger charge is 2.21. The zero-order valence-corrected chi connectivity index (χ0v) is 15.0. The summed E-state index contributed by atoms with van der Waals surface area (Å²) in [6.45, 7) is 8.57. The van der Waals surface area contributed by atoms with Crippen molar-refractivity contribution in [3.05, 3.63) is 48.3 Å². The van der Waals surface area contributed by atoms with E-state index in [0.717, 1.165) is 30.6 Å². The van der Waals surface area contributed by atoms with Gasteiger partial charge in [0.25, 0.3) is 0 Å². The molecule has 0 unspecified atom stereocenters. The Morgan fingerprint density at radius 1 is 1.08 bits per heavy atom. The molecule has 0 radical (unpaired) electrons. The molecule has 0 atom stereocenters. The Morgan fingerprint density at radius 2 is 1.79 bits per heavy atom. The molecule has 0 amide bonds. The van der Waals surface area contributed by atoms with E-state index in [4.69, 9.17) is 0 Å². The molecule has 0 aliphatic carbocycles. The van der Waals surface area contributed by atoms with Crippen LogP contribution in [0.4, 0.5) is 11.6 Å². The summed E-state index contributed by atoms with van der Waals surface area (Å²) in [4.78, 5) is 11.2. The van der Waals surface area contributed by atoms with E-state index in [1.807, 2.05) is 0 Å². The lowest BCUT2D eigenvalue weighted by Gasteiger charge is -2.33. The van der Waals surface area contributed by atoms with Crippen LogP contribution in [0.3, 0.4) is 0 Å². The molecule has 1 fully saturated rings. The number of nitrogens with zero attached hydrogens (tertiary/aromatic N) is 3. The Balaban J connectivity index is 1.57. The quantitative estimate of drug-likeness (QED) is 0.917. The molecule has 1 aliphatic rings. The van der Waals surface area contributed by atoms with Crippen LogP contribution in [0.25, 0.3) is 0 Å². The summed E-state index contributed by atoms with van der Waals surface area (Å²) in [5.41, 5.74) is 1.46. The second-order valence-electron chi connectivity index (χ2n) is 7.76. The monoisotopic (exact) mass is 324 g/mol. The summed E-state index contributed by atoms with van der Waals surface area (Å²) in [6, 6.07) is 12.9. The van der Waals surface area contributed by atoms with Crippen molar-refractivity contribution in [2.75, 3.05) is 23.3 Å². The number of anilines is 2. The molecule has 0 bridgehead atoms. The number of nitrogens with one attached hydrogen (secondary N) is 1. The molecule has 1 aromatic carbocycles. The fourth-order valence-electron chi connectivity index (χ4n) is 3.29.